The first kappa shape index (κ1) is 12.8. The van der Waals surface area contributed by atoms with Gasteiger partial charge in [0, 0.05) is 13.2 Å². The molecule has 4 N–H and O–H groups in total. The number of benzene rings is 1. The number of nitrogens with one attached hydrogen (secondary N) is 1. The maximum Gasteiger partial charge on any atom is 0.0574 e. The molecule has 0 fully saturated rings. The Balaban J connectivity index is 2.61. The standard InChI is InChI=1S/C13H22N2O/c1-10-4-5-12(11(14)8-10)15-9-13(2,3)6-7-16/h4-5,8,15-16H,6-7,9,14H2,1-3H3. The highest BCUT2D eigenvalue weighted by Gasteiger charge is 2.16. The van der Waals surface area contributed by atoms with E-state index >= 15 is 0 Å². The molecule has 3 heteroatoms. The molecule has 0 aromatic heterocycles. The summed E-state index contributed by atoms with van der Waals surface area (Å²) in [5.74, 6) is 0. The lowest BCUT2D eigenvalue weighted by Gasteiger charge is -2.25. The van der Waals surface area contributed by atoms with Crippen LogP contribution in [0.2, 0.25) is 0 Å². The van der Waals surface area contributed by atoms with E-state index < -0.39 is 0 Å². The van der Waals surface area contributed by atoms with Crippen molar-refractivity contribution >= 4 is 11.4 Å². The van der Waals surface area contributed by atoms with Crippen LogP contribution in [-0.2, 0) is 0 Å². The van der Waals surface area contributed by atoms with E-state index in [-0.39, 0.29) is 12.0 Å². The van der Waals surface area contributed by atoms with Crippen LogP contribution in [0.25, 0.3) is 0 Å². The number of nitrogen functional groups attached to an aromatic ring is 1. The first-order valence-corrected chi connectivity index (χ1v) is 5.65. The van der Waals surface area contributed by atoms with Gasteiger partial charge in [-0.2, -0.15) is 0 Å². The monoisotopic (exact) mass is 222 g/mol. The zero-order valence-corrected chi connectivity index (χ0v) is 10.4. The van der Waals surface area contributed by atoms with Gasteiger partial charge in [0.25, 0.3) is 0 Å². The molecule has 1 rings (SSSR count). The van der Waals surface area contributed by atoms with Gasteiger partial charge in [-0.1, -0.05) is 19.9 Å². The molecule has 0 aliphatic carbocycles. The number of anilines is 2. The summed E-state index contributed by atoms with van der Waals surface area (Å²) in [6.07, 6.45) is 0.783. The normalized spacial score (nSPS) is 11.5. The van der Waals surface area contributed by atoms with Crippen molar-refractivity contribution in [2.24, 2.45) is 5.41 Å². The summed E-state index contributed by atoms with van der Waals surface area (Å²) in [5.41, 5.74) is 8.90. The van der Waals surface area contributed by atoms with E-state index in [0.29, 0.717) is 0 Å². The Hall–Kier alpha value is -1.22. The van der Waals surface area contributed by atoms with Gasteiger partial charge >= 0.3 is 0 Å². The third-order valence-electron chi connectivity index (χ3n) is 2.75. The average Bonchev–Trinajstić information content (AvgIpc) is 2.16. The molecule has 0 saturated carbocycles. The van der Waals surface area contributed by atoms with Crippen molar-refractivity contribution in [3.05, 3.63) is 23.8 Å². The second-order valence-corrected chi connectivity index (χ2v) is 5.08. The van der Waals surface area contributed by atoms with E-state index in [0.717, 1.165) is 29.9 Å². The molecule has 0 radical (unpaired) electrons. The molecular formula is C13H22N2O. The van der Waals surface area contributed by atoms with Crippen LogP contribution >= 0.6 is 0 Å². The molecule has 0 amide bonds. The van der Waals surface area contributed by atoms with Gasteiger partial charge in [0.1, 0.15) is 0 Å². The van der Waals surface area contributed by atoms with Crippen LogP contribution in [0, 0.1) is 12.3 Å². The van der Waals surface area contributed by atoms with Crippen LogP contribution < -0.4 is 11.1 Å². The second-order valence-electron chi connectivity index (χ2n) is 5.08. The lowest BCUT2D eigenvalue weighted by atomic mass is 9.89. The van der Waals surface area contributed by atoms with E-state index in [1.54, 1.807) is 0 Å². The molecule has 90 valence electrons. The number of nitrogens with two attached hydrogens (primary N) is 1. The molecule has 0 bridgehead atoms. The molecule has 0 unspecified atom stereocenters. The van der Waals surface area contributed by atoms with Crippen molar-refractivity contribution < 1.29 is 5.11 Å². The van der Waals surface area contributed by atoms with E-state index in [2.05, 4.69) is 19.2 Å². The molecule has 0 saturated heterocycles. The summed E-state index contributed by atoms with van der Waals surface area (Å²) in [6, 6.07) is 6.00. The van der Waals surface area contributed by atoms with E-state index in [1.165, 1.54) is 0 Å². The number of hydrogen-bond donors (Lipinski definition) is 3. The maximum absolute atomic E-state index is 8.94. The lowest BCUT2D eigenvalue weighted by Crippen LogP contribution is -2.24. The fraction of sp³-hybridized carbons (Fsp3) is 0.538. The summed E-state index contributed by atoms with van der Waals surface area (Å²) >= 11 is 0. The van der Waals surface area contributed by atoms with Gasteiger partial charge in [-0.25, -0.2) is 0 Å². The summed E-state index contributed by atoms with van der Waals surface area (Å²) in [7, 11) is 0. The Morgan fingerprint density at radius 1 is 1.38 bits per heavy atom. The molecule has 1 aromatic rings. The Kier molecular flexibility index (Phi) is 4.19. The van der Waals surface area contributed by atoms with Gasteiger partial charge in [-0.05, 0) is 36.5 Å². The number of aliphatic hydroxyl groups excluding tert-OH is 1. The average molecular weight is 222 g/mol. The minimum absolute atomic E-state index is 0.0755. The van der Waals surface area contributed by atoms with Crippen LogP contribution in [0.1, 0.15) is 25.8 Å². The zero-order valence-electron chi connectivity index (χ0n) is 10.4. The number of aliphatic hydroxyl groups is 1. The van der Waals surface area contributed by atoms with Gasteiger partial charge < -0.3 is 16.2 Å². The topological polar surface area (TPSA) is 58.3 Å². The first-order valence-electron chi connectivity index (χ1n) is 5.65. The van der Waals surface area contributed by atoms with Crippen LogP contribution in [0.4, 0.5) is 11.4 Å². The molecule has 0 heterocycles. The Bertz CT molecular complexity index is 348. The van der Waals surface area contributed by atoms with Crippen molar-refractivity contribution in [1.29, 1.82) is 0 Å². The Labute approximate surface area is 97.7 Å². The largest absolute Gasteiger partial charge is 0.397 e. The number of aryl methyl sites for hydroxylation is 1. The van der Waals surface area contributed by atoms with Crippen LogP contribution in [-0.4, -0.2) is 18.3 Å². The highest BCUT2D eigenvalue weighted by Crippen LogP contribution is 2.24. The molecule has 3 nitrogen and oxygen atoms in total. The fourth-order valence-corrected chi connectivity index (χ4v) is 1.57. The van der Waals surface area contributed by atoms with Crippen molar-refractivity contribution in [1.82, 2.24) is 0 Å². The van der Waals surface area contributed by atoms with E-state index in [1.807, 2.05) is 25.1 Å². The smallest absolute Gasteiger partial charge is 0.0574 e. The number of hydrogen-bond acceptors (Lipinski definition) is 3. The minimum Gasteiger partial charge on any atom is -0.397 e. The summed E-state index contributed by atoms with van der Waals surface area (Å²) in [5, 5.41) is 12.3. The van der Waals surface area contributed by atoms with Gasteiger partial charge in [0.2, 0.25) is 0 Å². The van der Waals surface area contributed by atoms with Gasteiger partial charge in [-0.15, -0.1) is 0 Å². The second kappa shape index (κ2) is 5.21. The molecule has 0 atom stereocenters. The van der Waals surface area contributed by atoms with Gasteiger partial charge in [0.05, 0.1) is 11.4 Å². The Morgan fingerprint density at radius 2 is 2.06 bits per heavy atom. The van der Waals surface area contributed by atoms with E-state index in [4.69, 9.17) is 10.8 Å². The third kappa shape index (κ3) is 3.74. The van der Waals surface area contributed by atoms with Crippen molar-refractivity contribution in [3.8, 4) is 0 Å². The maximum atomic E-state index is 8.94. The molecule has 1 aromatic carbocycles. The van der Waals surface area contributed by atoms with Crippen LogP contribution in [0.3, 0.4) is 0 Å². The highest BCUT2D eigenvalue weighted by atomic mass is 16.3. The quantitative estimate of drug-likeness (QED) is 0.670. The van der Waals surface area contributed by atoms with Gasteiger partial charge in [0.15, 0.2) is 0 Å². The van der Waals surface area contributed by atoms with Crippen molar-refractivity contribution in [2.45, 2.75) is 27.2 Å². The van der Waals surface area contributed by atoms with Crippen LogP contribution in [0.5, 0.6) is 0 Å². The van der Waals surface area contributed by atoms with Gasteiger partial charge in [-0.3, -0.25) is 0 Å². The molecule has 0 aliphatic rings. The van der Waals surface area contributed by atoms with Crippen molar-refractivity contribution in [3.63, 3.8) is 0 Å². The SMILES string of the molecule is Cc1ccc(NCC(C)(C)CCO)c(N)c1. The zero-order chi connectivity index (χ0) is 12.2. The minimum atomic E-state index is 0.0755. The molecular weight excluding hydrogens is 200 g/mol. The summed E-state index contributed by atoms with van der Waals surface area (Å²) in [6.45, 7) is 7.30. The molecule has 0 spiro atoms. The molecule has 0 aliphatic heterocycles. The number of rotatable bonds is 5. The fourth-order valence-electron chi connectivity index (χ4n) is 1.57. The van der Waals surface area contributed by atoms with Crippen molar-refractivity contribution in [2.75, 3.05) is 24.2 Å². The highest BCUT2D eigenvalue weighted by molar-refractivity contribution is 5.66. The lowest BCUT2D eigenvalue weighted by molar-refractivity contribution is 0.220. The summed E-state index contributed by atoms with van der Waals surface area (Å²) in [4.78, 5) is 0. The van der Waals surface area contributed by atoms with E-state index in [9.17, 15) is 0 Å². The van der Waals surface area contributed by atoms with Crippen LogP contribution in [0.15, 0.2) is 18.2 Å². The first-order chi connectivity index (χ1) is 7.44. The Morgan fingerprint density at radius 3 is 2.62 bits per heavy atom. The third-order valence-corrected chi connectivity index (χ3v) is 2.75. The summed E-state index contributed by atoms with van der Waals surface area (Å²) < 4.78 is 0. The molecule has 16 heavy (non-hydrogen) atoms. The predicted molar refractivity (Wildman–Crippen MR) is 69.6 cm³/mol. The predicted octanol–water partition coefficient (Wildman–Crippen LogP) is 2.40.